The molecule has 0 radical (unpaired) electrons. The normalized spacial score (nSPS) is 19.8. The summed E-state index contributed by atoms with van der Waals surface area (Å²) in [6.07, 6.45) is 3.25. The predicted molar refractivity (Wildman–Crippen MR) is 69.8 cm³/mol. The highest BCUT2D eigenvalue weighted by Gasteiger charge is 2.44. The average molecular weight is 255 g/mol. The molecule has 1 aliphatic rings. The lowest BCUT2D eigenvalue weighted by Crippen LogP contribution is -2.52. The van der Waals surface area contributed by atoms with E-state index in [9.17, 15) is 0 Å². The van der Waals surface area contributed by atoms with Crippen LogP contribution in [0.3, 0.4) is 0 Å². The Labute approximate surface area is 107 Å². The molecule has 0 bridgehead atoms. The van der Waals surface area contributed by atoms with Crippen LogP contribution in [0.5, 0.6) is 0 Å². The van der Waals surface area contributed by atoms with Gasteiger partial charge >= 0.3 is 0 Å². The van der Waals surface area contributed by atoms with Gasteiger partial charge in [-0.1, -0.05) is 23.7 Å². The van der Waals surface area contributed by atoms with Crippen molar-refractivity contribution in [3.8, 4) is 0 Å². The third-order valence-electron chi connectivity index (χ3n) is 3.83. The van der Waals surface area contributed by atoms with E-state index in [1.165, 1.54) is 6.42 Å². The first kappa shape index (κ1) is 12.8. The summed E-state index contributed by atoms with van der Waals surface area (Å²) >= 11 is 6.16. The summed E-state index contributed by atoms with van der Waals surface area (Å²) in [5, 5.41) is 0.772. The maximum absolute atomic E-state index is 6.16. The van der Waals surface area contributed by atoms with Crippen LogP contribution in [0.15, 0.2) is 18.2 Å². The number of methoxy groups -OCH3 is 1. The number of nitrogens with two attached hydrogens (primary N) is 1. The lowest BCUT2D eigenvalue weighted by molar-refractivity contribution is -0.0999. The molecular formula is C13H19ClN2O. The molecule has 1 aromatic rings. The van der Waals surface area contributed by atoms with Crippen molar-refractivity contribution in [2.45, 2.75) is 37.8 Å². The number of halogens is 1. The van der Waals surface area contributed by atoms with Crippen molar-refractivity contribution < 1.29 is 4.74 Å². The summed E-state index contributed by atoms with van der Waals surface area (Å²) in [5.74, 6) is 5.69. The van der Waals surface area contributed by atoms with Crippen molar-refractivity contribution in [3.05, 3.63) is 34.3 Å². The highest BCUT2D eigenvalue weighted by molar-refractivity contribution is 6.31. The van der Waals surface area contributed by atoms with Crippen LogP contribution in [-0.4, -0.2) is 12.7 Å². The molecule has 1 aliphatic carbocycles. The average Bonchev–Trinajstić information content (AvgIpc) is 2.27. The SMILES string of the molecule is COC1(C(NN)c2ccc(C)c(Cl)c2)CCC1. The van der Waals surface area contributed by atoms with Crippen LogP contribution in [0.4, 0.5) is 0 Å². The lowest BCUT2D eigenvalue weighted by Gasteiger charge is -2.46. The summed E-state index contributed by atoms with van der Waals surface area (Å²) in [6, 6.07) is 6.05. The second kappa shape index (κ2) is 4.94. The molecule has 1 unspecified atom stereocenters. The van der Waals surface area contributed by atoms with Crippen molar-refractivity contribution in [1.29, 1.82) is 0 Å². The van der Waals surface area contributed by atoms with E-state index in [0.29, 0.717) is 0 Å². The predicted octanol–water partition coefficient (Wildman–Crippen LogP) is 2.72. The molecule has 1 saturated carbocycles. The van der Waals surface area contributed by atoms with Gasteiger partial charge in [-0.05, 0) is 43.4 Å². The molecule has 94 valence electrons. The van der Waals surface area contributed by atoms with E-state index in [4.69, 9.17) is 22.2 Å². The highest BCUT2D eigenvalue weighted by Crippen LogP contribution is 2.44. The second-order valence-corrected chi connectivity index (χ2v) is 5.14. The molecule has 1 atom stereocenters. The number of rotatable bonds is 4. The van der Waals surface area contributed by atoms with Crippen molar-refractivity contribution in [2.24, 2.45) is 5.84 Å². The number of ether oxygens (including phenoxy) is 1. The third-order valence-corrected chi connectivity index (χ3v) is 4.24. The molecule has 0 aliphatic heterocycles. The minimum Gasteiger partial charge on any atom is -0.376 e. The Morgan fingerprint density at radius 2 is 2.18 bits per heavy atom. The maximum atomic E-state index is 6.16. The van der Waals surface area contributed by atoms with Crippen LogP contribution in [0.1, 0.15) is 36.4 Å². The Morgan fingerprint density at radius 3 is 2.59 bits per heavy atom. The number of benzene rings is 1. The van der Waals surface area contributed by atoms with E-state index in [1.807, 2.05) is 19.1 Å². The smallest absolute Gasteiger partial charge is 0.0885 e. The van der Waals surface area contributed by atoms with Crippen molar-refractivity contribution in [3.63, 3.8) is 0 Å². The summed E-state index contributed by atoms with van der Waals surface area (Å²) in [7, 11) is 1.75. The van der Waals surface area contributed by atoms with Crippen LogP contribution in [-0.2, 0) is 4.74 Å². The first-order valence-electron chi connectivity index (χ1n) is 5.90. The third kappa shape index (κ3) is 2.20. The molecule has 17 heavy (non-hydrogen) atoms. The molecule has 3 nitrogen and oxygen atoms in total. The van der Waals surface area contributed by atoms with E-state index >= 15 is 0 Å². The molecule has 2 rings (SSSR count). The number of hydrazine groups is 1. The first-order valence-corrected chi connectivity index (χ1v) is 6.28. The van der Waals surface area contributed by atoms with Crippen LogP contribution < -0.4 is 11.3 Å². The molecule has 0 spiro atoms. The van der Waals surface area contributed by atoms with E-state index < -0.39 is 0 Å². The van der Waals surface area contributed by atoms with Gasteiger partial charge in [0, 0.05) is 12.1 Å². The van der Waals surface area contributed by atoms with Crippen molar-refractivity contribution in [2.75, 3.05) is 7.11 Å². The fourth-order valence-corrected chi connectivity index (χ4v) is 2.67. The van der Waals surface area contributed by atoms with Gasteiger partial charge in [0.25, 0.3) is 0 Å². The van der Waals surface area contributed by atoms with Crippen molar-refractivity contribution >= 4 is 11.6 Å². The van der Waals surface area contributed by atoms with Gasteiger partial charge in [0.05, 0.1) is 11.6 Å². The van der Waals surface area contributed by atoms with E-state index in [0.717, 1.165) is 29.0 Å². The second-order valence-electron chi connectivity index (χ2n) is 4.73. The molecule has 0 amide bonds. The lowest BCUT2D eigenvalue weighted by atomic mass is 9.72. The Bertz CT molecular complexity index is 399. The molecule has 1 fully saturated rings. The molecule has 4 heteroatoms. The van der Waals surface area contributed by atoms with Crippen LogP contribution in [0, 0.1) is 6.92 Å². The fourth-order valence-electron chi connectivity index (χ4n) is 2.48. The standard InChI is InChI=1S/C13H19ClN2O/c1-9-4-5-10(8-11(9)14)12(16-15)13(17-2)6-3-7-13/h4-5,8,12,16H,3,6-7,15H2,1-2H3. The topological polar surface area (TPSA) is 47.3 Å². The van der Waals surface area contributed by atoms with E-state index in [2.05, 4.69) is 11.5 Å². The van der Waals surface area contributed by atoms with Gasteiger partial charge in [-0.15, -0.1) is 0 Å². The number of nitrogens with one attached hydrogen (secondary N) is 1. The minimum atomic E-state index is -0.173. The van der Waals surface area contributed by atoms with Gasteiger partial charge in [0.2, 0.25) is 0 Å². The number of aryl methyl sites for hydroxylation is 1. The zero-order chi connectivity index (χ0) is 12.5. The van der Waals surface area contributed by atoms with Gasteiger partial charge in [-0.2, -0.15) is 0 Å². The molecule has 0 heterocycles. The number of hydrogen-bond donors (Lipinski definition) is 2. The fraction of sp³-hybridized carbons (Fsp3) is 0.538. The van der Waals surface area contributed by atoms with Gasteiger partial charge < -0.3 is 4.74 Å². The summed E-state index contributed by atoms with van der Waals surface area (Å²) in [4.78, 5) is 0. The summed E-state index contributed by atoms with van der Waals surface area (Å²) < 4.78 is 5.67. The Balaban J connectivity index is 2.31. The number of hydrogen-bond acceptors (Lipinski definition) is 3. The zero-order valence-corrected chi connectivity index (χ0v) is 11.1. The van der Waals surface area contributed by atoms with Gasteiger partial charge in [0.15, 0.2) is 0 Å². The van der Waals surface area contributed by atoms with Crippen LogP contribution in [0.2, 0.25) is 5.02 Å². The molecule has 3 N–H and O–H groups in total. The maximum Gasteiger partial charge on any atom is 0.0885 e. The van der Waals surface area contributed by atoms with Gasteiger partial charge in [-0.3, -0.25) is 11.3 Å². The quantitative estimate of drug-likeness (QED) is 0.642. The summed E-state index contributed by atoms with van der Waals surface area (Å²) in [6.45, 7) is 1.99. The van der Waals surface area contributed by atoms with E-state index in [-0.39, 0.29) is 11.6 Å². The zero-order valence-electron chi connectivity index (χ0n) is 10.3. The molecule has 0 saturated heterocycles. The van der Waals surface area contributed by atoms with Gasteiger partial charge in [0.1, 0.15) is 0 Å². The molecule has 1 aromatic carbocycles. The molecular weight excluding hydrogens is 236 g/mol. The van der Waals surface area contributed by atoms with Crippen molar-refractivity contribution in [1.82, 2.24) is 5.43 Å². The first-order chi connectivity index (χ1) is 8.13. The van der Waals surface area contributed by atoms with Crippen LogP contribution >= 0.6 is 11.6 Å². The Kier molecular flexibility index (Phi) is 3.73. The van der Waals surface area contributed by atoms with Gasteiger partial charge in [-0.25, -0.2) is 0 Å². The summed E-state index contributed by atoms with van der Waals surface area (Å²) in [5.41, 5.74) is 4.86. The Morgan fingerprint density at radius 1 is 1.47 bits per heavy atom. The Hall–Kier alpha value is -0.610. The highest BCUT2D eigenvalue weighted by atomic mass is 35.5. The monoisotopic (exact) mass is 254 g/mol. The minimum absolute atomic E-state index is 0.000602. The van der Waals surface area contributed by atoms with E-state index in [1.54, 1.807) is 7.11 Å². The van der Waals surface area contributed by atoms with Crippen LogP contribution in [0.25, 0.3) is 0 Å². The largest absolute Gasteiger partial charge is 0.376 e. The molecule has 0 aromatic heterocycles.